The lowest BCUT2D eigenvalue weighted by molar-refractivity contribution is -0.119. The number of nitrogens with two attached hydrogens (primary N) is 1. The van der Waals surface area contributed by atoms with Crippen molar-refractivity contribution in [3.05, 3.63) is 11.6 Å². The largest absolute Gasteiger partial charge is 0.370 e. The van der Waals surface area contributed by atoms with Gasteiger partial charge in [0.05, 0.1) is 6.54 Å². The molecule has 1 aromatic heterocycles. The fraction of sp³-hybridized carbons (Fsp3) is 0.700. The van der Waals surface area contributed by atoms with Crippen LogP contribution in [-0.4, -0.2) is 26.2 Å². The number of hydrogen-bond acceptors (Lipinski definition) is 4. The van der Waals surface area contributed by atoms with Crippen LogP contribution in [0.15, 0.2) is 0 Å². The van der Waals surface area contributed by atoms with Gasteiger partial charge in [0, 0.05) is 19.0 Å². The van der Waals surface area contributed by atoms with Crippen LogP contribution in [0.5, 0.6) is 0 Å². The molecule has 0 fully saturated rings. The smallest absolute Gasteiger partial charge is 0.219 e. The molecule has 0 aliphatic rings. The molecule has 1 amide bonds. The second-order valence-electron chi connectivity index (χ2n) is 4.60. The summed E-state index contributed by atoms with van der Waals surface area (Å²) in [4.78, 5) is 10.8. The maximum absolute atomic E-state index is 10.8. The minimum Gasteiger partial charge on any atom is -0.370 e. The summed E-state index contributed by atoms with van der Waals surface area (Å²) in [5.41, 5.74) is 4.84. The number of carbonyl (C=O) groups is 1. The fourth-order valence-corrected chi connectivity index (χ4v) is 1.42. The number of hydrogen-bond donors (Lipinski definition) is 2. The van der Waals surface area contributed by atoms with E-state index in [0.29, 0.717) is 13.0 Å². The number of rotatable bonds is 5. The molecule has 1 rings (SSSR count). The summed E-state index contributed by atoms with van der Waals surface area (Å²) in [5.74, 6) is 1.39. The molecule has 6 heteroatoms. The van der Waals surface area contributed by atoms with E-state index in [-0.39, 0.29) is 11.4 Å². The van der Waals surface area contributed by atoms with Gasteiger partial charge in [0.15, 0.2) is 0 Å². The Labute approximate surface area is 95.2 Å². The Balaban J connectivity index is 2.57. The van der Waals surface area contributed by atoms with Crippen molar-refractivity contribution in [2.24, 2.45) is 12.8 Å². The van der Waals surface area contributed by atoms with Crippen LogP contribution in [-0.2, 0) is 18.4 Å². The molecule has 0 spiro atoms. The molecule has 0 saturated heterocycles. The van der Waals surface area contributed by atoms with Crippen molar-refractivity contribution in [3.8, 4) is 0 Å². The summed E-state index contributed by atoms with van der Waals surface area (Å²) < 4.78 is 1.91. The number of amides is 1. The normalized spacial score (nSPS) is 11.8. The number of primary amides is 1. The van der Waals surface area contributed by atoms with Gasteiger partial charge in [-0.05, 0) is 20.8 Å². The zero-order valence-corrected chi connectivity index (χ0v) is 10.2. The molecule has 0 aromatic carbocycles. The predicted molar refractivity (Wildman–Crippen MR) is 60.5 cm³/mol. The lowest BCUT2D eigenvalue weighted by Gasteiger charge is -2.24. The van der Waals surface area contributed by atoms with Gasteiger partial charge in [0.25, 0.3) is 0 Å². The Bertz CT molecular complexity index is 383. The average Bonchev–Trinajstić information content (AvgIpc) is 2.43. The first-order chi connectivity index (χ1) is 7.32. The summed E-state index contributed by atoms with van der Waals surface area (Å²) in [6.45, 7) is 6.32. The SMILES string of the molecule is Cc1nnc(CNC(C)(C)CC(N)=O)n1C. The molecule has 3 N–H and O–H groups in total. The van der Waals surface area contributed by atoms with E-state index < -0.39 is 0 Å². The molecule has 0 aliphatic carbocycles. The topological polar surface area (TPSA) is 85.8 Å². The molecule has 0 aliphatic heterocycles. The maximum atomic E-state index is 10.8. The lowest BCUT2D eigenvalue weighted by Crippen LogP contribution is -2.42. The van der Waals surface area contributed by atoms with Crippen molar-refractivity contribution in [1.29, 1.82) is 0 Å². The molecule has 0 atom stereocenters. The minimum atomic E-state index is -0.328. The van der Waals surface area contributed by atoms with Crippen LogP contribution in [0, 0.1) is 6.92 Å². The van der Waals surface area contributed by atoms with Gasteiger partial charge >= 0.3 is 0 Å². The van der Waals surface area contributed by atoms with E-state index in [4.69, 9.17) is 5.73 Å². The van der Waals surface area contributed by atoms with E-state index in [1.165, 1.54) is 0 Å². The molecule has 0 radical (unpaired) electrons. The standard InChI is InChI=1S/C10H19N5O/c1-7-13-14-9(15(7)4)6-12-10(2,3)5-8(11)16/h12H,5-6H2,1-4H3,(H2,11,16). The first-order valence-corrected chi connectivity index (χ1v) is 5.20. The highest BCUT2D eigenvalue weighted by molar-refractivity contribution is 5.74. The van der Waals surface area contributed by atoms with Crippen molar-refractivity contribution >= 4 is 5.91 Å². The van der Waals surface area contributed by atoms with Gasteiger partial charge in [-0.2, -0.15) is 0 Å². The molecule has 90 valence electrons. The van der Waals surface area contributed by atoms with Crippen LogP contribution in [0.3, 0.4) is 0 Å². The average molecular weight is 225 g/mol. The van der Waals surface area contributed by atoms with Gasteiger partial charge in [0.2, 0.25) is 5.91 Å². The summed E-state index contributed by atoms with van der Waals surface area (Å²) in [6.07, 6.45) is 0.295. The first kappa shape index (κ1) is 12.6. The predicted octanol–water partition coefficient (Wildman–Crippen LogP) is -0.133. The maximum Gasteiger partial charge on any atom is 0.219 e. The van der Waals surface area contributed by atoms with Crippen LogP contribution < -0.4 is 11.1 Å². The lowest BCUT2D eigenvalue weighted by atomic mass is 10.0. The quantitative estimate of drug-likeness (QED) is 0.730. The van der Waals surface area contributed by atoms with E-state index in [2.05, 4.69) is 15.5 Å². The van der Waals surface area contributed by atoms with Crippen molar-refractivity contribution < 1.29 is 4.79 Å². The van der Waals surface area contributed by atoms with Crippen molar-refractivity contribution in [1.82, 2.24) is 20.1 Å². The number of aromatic nitrogens is 3. The monoisotopic (exact) mass is 225 g/mol. The summed E-state index contributed by atoms with van der Waals surface area (Å²) in [7, 11) is 1.91. The zero-order valence-electron chi connectivity index (χ0n) is 10.2. The van der Waals surface area contributed by atoms with Crippen molar-refractivity contribution in [2.75, 3.05) is 0 Å². The molecule has 1 aromatic rings. The number of nitrogens with one attached hydrogen (secondary N) is 1. The van der Waals surface area contributed by atoms with Crippen molar-refractivity contribution in [2.45, 2.75) is 39.3 Å². The summed E-state index contributed by atoms with van der Waals surface area (Å²) >= 11 is 0. The number of carbonyl (C=O) groups excluding carboxylic acids is 1. The number of nitrogens with zero attached hydrogens (tertiary/aromatic N) is 3. The van der Waals surface area contributed by atoms with Gasteiger partial charge in [-0.3, -0.25) is 4.79 Å². The molecule has 0 unspecified atom stereocenters. The van der Waals surface area contributed by atoms with Gasteiger partial charge in [-0.15, -0.1) is 10.2 Å². The Kier molecular flexibility index (Phi) is 3.64. The zero-order chi connectivity index (χ0) is 12.3. The van der Waals surface area contributed by atoms with Crippen LogP contribution in [0.4, 0.5) is 0 Å². The van der Waals surface area contributed by atoms with Crippen LogP contribution in [0.1, 0.15) is 31.9 Å². The summed E-state index contributed by atoms with van der Waals surface area (Å²) in [5, 5.41) is 11.2. The first-order valence-electron chi connectivity index (χ1n) is 5.20. The van der Waals surface area contributed by atoms with Gasteiger partial charge in [-0.25, -0.2) is 0 Å². The minimum absolute atomic E-state index is 0.295. The molecule has 16 heavy (non-hydrogen) atoms. The van der Waals surface area contributed by atoms with E-state index in [1.54, 1.807) is 0 Å². The van der Waals surface area contributed by atoms with Gasteiger partial charge in [-0.1, -0.05) is 0 Å². The van der Waals surface area contributed by atoms with E-state index in [0.717, 1.165) is 11.6 Å². The second kappa shape index (κ2) is 4.61. The van der Waals surface area contributed by atoms with Crippen LogP contribution in [0.25, 0.3) is 0 Å². The van der Waals surface area contributed by atoms with Gasteiger partial charge in [0.1, 0.15) is 11.6 Å². The summed E-state index contributed by atoms with van der Waals surface area (Å²) in [6, 6.07) is 0. The Morgan fingerprint density at radius 1 is 1.50 bits per heavy atom. The van der Waals surface area contributed by atoms with E-state index in [1.807, 2.05) is 32.4 Å². The van der Waals surface area contributed by atoms with Gasteiger partial charge < -0.3 is 15.6 Å². The fourth-order valence-electron chi connectivity index (χ4n) is 1.42. The second-order valence-corrected chi connectivity index (χ2v) is 4.60. The van der Waals surface area contributed by atoms with E-state index in [9.17, 15) is 4.79 Å². The molecular formula is C10H19N5O. The third-order valence-electron chi connectivity index (χ3n) is 2.52. The molecule has 0 bridgehead atoms. The Morgan fingerprint density at radius 2 is 2.12 bits per heavy atom. The van der Waals surface area contributed by atoms with Crippen LogP contribution >= 0.6 is 0 Å². The third-order valence-corrected chi connectivity index (χ3v) is 2.52. The molecule has 6 nitrogen and oxygen atoms in total. The molecule has 1 heterocycles. The third kappa shape index (κ3) is 3.30. The van der Waals surface area contributed by atoms with E-state index >= 15 is 0 Å². The highest BCUT2D eigenvalue weighted by atomic mass is 16.1. The van der Waals surface area contributed by atoms with Crippen LogP contribution in [0.2, 0.25) is 0 Å². The Morgan fingerprint density at radius 3 is 2.56 bits per heavy atom. The highest BCUT2D eigenvalue weighted by Crippen LogP contribution is 2.08. The molecular weight excluding hydrogens is 206 g/mol. The Hall–Kier alpha value is -1.43. The van der Waals surface area contributed by atoms with Crippen molar-refractivity contribution in [3.63, 3.8) is 0 Å². The highest BCUT2D eigenvalue weighted by Gasteiger charge is 2.20. The number of aryl methyl sites for hydroxylation is 1. The molecule has 0 saturated carbocycles.